The molecule has 1 atom stereocenters. The smallest absolute Gasteiger partial charge is 0.325 e. The maximum absolute atomic E-state index is 11.9. The molecule has 0 saturated carbocycles. The van der Waals surface area contributed by atoms with E-state index in [0.29, 0.717) is 5.56 Å². The van der Waals surface area contributed by atoms with E-state index in [-0.39, 0.29) is 6.04 Å². The summed E-state index contributed by atoms with van der Waals surface area (Å²) in [4.78, 5) is 11.9. The second kappa shape index (κ2) is 8.10. The Balaban J connectivity index is 1.98. The predicted octanol–water partition coefficient (Wildman–Crippen LogP) is 4.95. The highest BCUT2D eigenvalue weighted by molar-refractivity contribution is 9.10. The number of carboxylic acids is 1. The zero-order valence-electron chi connectivity index (χ0n) is 13.5. The van der Waals surface area contributed by atoms with Crippen LogP contribution in [-0.2, 0) is 4.79 Å². The van der Waals surface area contributed by atoms with Crippen molar-refractivity contribution in [2.24, 2.45) is 0 Å². The van der Waals surface area contributed by atoms with Crippen molar-refractivity contribution in [3.63, 3.8) is 0 Å². The van der Waals surface area contributed by atoms with Gasteiger partial charge in [0.2, 0.25) is 0 Å². The van der Waals surface area contributed by atoms with Crippen molar-refractivity contribution in [1.82, 2.24) is 5.32 Å². The Morgan fingerprint density at radius 1 is 0.760 bits per heavy atom. The summed E-state index contributed by atoms with van der Waals surface area (Å²) in [6.07, 6.45) is 0. The van der Waals surface area contributed by atoms with Gasteiger partial charge in [-0.3, -0.25) is 10.1 Å². The summed E-state index contributed by atoms with van der Waals surface area (Å²) in [6, 6.07) is 26.1. The van der Waals surface area contributed by atoms with Gasteiger partial charge in [0.05, 0.1) is 6.04 Å². The minimum absolute atomic E-state index is 0.216. The molecule has 2 N–H and O–H groups in total. The molecule has 0 aromatic heterocycles. The van der Waals surface area contributed by atoms with E-state index in [9.17, 15) is 9.90 Å². The van der Waals surface area contributed by atoms with Crippen LogP contribution in [0.4, 0.5) is 0 Å². The standard InChI is InChI=1S/C21H18BrNO2/c22-18-13-11-17(12-14-18)20(21(24)25)23-19(15-7-3-1-4-8-15)16-9-5-2-6-10-16/h1-14,19-20,23H,(H,24,25)/t20-/m0/s1. The number of aliphatic carboxylic acids is 1. The molecule has 25 heavy (non-hydrogen) atoms. The highest BCUT2D eigenvalue weighted by Crippen LogP contribution is 2.27. The number of benzene rings is 3. The molecule has 3 nitrogen and oxygen atoms in total. The molecule has 0 bridgehead atoms. The molecule has 0 aliphatic heterocycles. The highest BCUT2D eigenvalue weighted by Gasteiger charge is 2.25. The number of carboxylic acid groups (broad SMARTS) is 1. The zero-order valence-corrected chi connectivity index (χ0v) is 15.1. The predicted molar refractivity (Wildman–Crippen MR) is 102 cm³/mol. The number of hydrogen-bond acceptors (Lipinski definition) is 2. The third-order valence-corrected chi connectivity index (χ3v) is 4.58. The van der Waals surface area contributed by atoms with E-state index in [4.69, 9.17) is 0 Å². The van der Waals surface area contributed by atoms with Crippen molar-refractivity contribution in [3.05, 3.63) is 106 Å². The molecule has 0 unspecified atom stereocenters. The van der Waals surface area contributed by atoms with Gasteiger partial charge < -0.3 is 5.11 Å². The lowest BCUT2D eigenvalue weighted by molar-refractivity contribution is -0.139. The first-order valence-corrected chi connectivity index (χ1v) is 8.78. The van der Waals surface area contributed by atoms with Gasteiger partial charge in [0.1, 0.15) is 6.04 Å². The van der Waals surface area contributed by atoms with Gasteiger partial charge in [-0.25, -0.2) is 0 Å². The van der Waals surface area contributed by atoms with Crippen LogP contribution in [0.15, 0.2) is 89.4 Å². The van der Waals surface area contributed by atoms with Gasteiger partial charge in [-0.1, -0.05) is 88.7 Å². The molecular formula is C21H18BrNO2. The fourth-order valence-corrected chi connectivity index (χ4v) is 3.07. The molecule has 0 aliphatic rings. The van der Waals surface area contributed by atoms with E-state index >= 15 is 0 Å². The van der Waals surface area contributed by atoms with E-state index in [1.54, 1.807) is 0 Å². The molecule has 0 spiro atoms. The van der Waals surface area contributed by atoms with Crippen LogP contribution in [-0.4, -0.2) is 11.1 Å². The van der Waals surface area contributed by atoms with Gasteiger partial charge in [-0.05, 0) is 28.8 Å². The summed E-state index contributed by atoms with van der Waals surface area (Å²) in [7, 11) is 0. The Kier molecular flexibility index (Phi) is 5.64. The highest BCUT2D eigenvalue weighted by atomic mass is 79.9. The Hall–Kier alpha value is -2.43. The normalized spacial score (nSPS) is 12.1. The summed E-state index contributed by atoms with van der Waals surface area (Å²) >= 11 is 3.39. The molecule has 126 valence electrons. The summed E-state index contributed by atoms with van der Waals surface area (Å²) < 4.78 is 0.919. The van der Waals surface area contributed by atoms with E-state index in [0.717, 1.165) is 15.6 Å². The van der Waals surface area contributed by atoms with Crippen LogP contribution in [0.25, 0.3) is 0 Å². The maximum Gasteiger partial charge on any atom is 0.325 e. The van der Waals surface area contributed by atoms with E-state index in [1.807, 2.05) is 84.9 Å². The van der Waals surface area contributed by atoms with E-state index < -0.39 is 12.0 Å². The fourth-order valence-electron chi connectivity index (χ4n) is 2.81. The average molecular weight is 396 g/mol. The summed E-state index contributed by atoms with van der Waals surface area (Å²) in [5, 5.41) is 13.1. The van der Waals surface area contributed by atoms with Crippen LogP contribution >= 0.6 is 15.9 Å². The average Bonchev–Trinajstić information content (AvgIpc) is 2.65. The number of halogens is 1. The molecule has 0 heterocycles. The Morgan fingerprint density at radius 3 is 1.68 bits per heavy atom. The lowest BCUT2D eigenvalue weighted by Gasteiger charge is -2.24. The summed E-state index contributed by atoms with van der Waals surface area (Å²) in [5.74, 6) is -0.904. The second-order valence-electron chi connectivity index (χ2n) is 5.74. The van der Waals surface area contributed by atoms with Crippen molar-refractivity contribution < 1.29 is 9.90 Å². The SMILES string of the molecule is O=C(O)[C@@H](NC(c1ccccc1)c1ccccc1)c1ccc(Br)cc1. The molecule has 3 aromatic carbocycles. The van der Waals surface area contributed by atoms with Gasteiger partial charge in [0.15, 0.2) is 0 Å². The minimum atomic E-state index is -0.904. The van der Waals surface area contributed by atoms with E-state index in [1.165, 1.54) is 0 Å². The molecule has 0 fully saturated rings. The fraction of sp³-hybridized carbons (Fsp3) is 0.0952. The monoisotopic (exact) mass is 395 g/mol. The van der Waals surface area contributed by atoms with Gasteiger partial charge in [0, 0.05) is 4.47 Å². The van der Waals surface area contributed by atoms with Gasteiger partial charge in [-0.2, -0.15) is 0 Å². The summed E-state index contributed by atoms with van der Waals surface area (Å²) in [6.45, 7) is 0. The first-order valence-electron chi connectivity index (χ1n) is 7.99. The number of rotatable bonds is 6. The van der Waals surface area contributed by atoms with Crippen LogP contribution in [0.5, 0.6) is 0 Å². The topological polar surface area (TPSA) is 49.3 Å². The third-order valence-electron chi connectivity index (χ3n) is 4.05. The quantitative estimate of drug-likeness (QED) is 0.620. The summed E-state index contributed by atoms with van der Waals surface area (Å²) in [5.41, 5.74) is 2.77. The van der Waals surface area contributed by atoms with Crippen molar-refractivity contribution in [2.75, 3.05) is 0 Å². The number of nitrogens with one attached hydrogen (secondary N) is 1. The first kappa shape index (κ1) is 17.4. The molecule has 4 heteroatoms. The van der Waals surface area contributed by atoms with Crippen molar-refractivity contribution in [2.45, 2.75) is 12.1 Å². The van der Waals surface area contributed by atoms with Crippen LogP contribution in [0.1, 0.15) is 28.8 Å². The lowest BCUT2D eigenvalue weighted by Crippen LogP contribution is -2.32. The minimum Gasteiger partial charge on any atom is -0.480 e. The van der Waals surface area contributed by atoms with Crippen LogP contribution in [0.2, 0.25) is 0 Å². The van der Waals surface area contributed by atoms with Gasteiger partial charge in [-0.15, -0.1) is 0 Å². The zero-order chi connectivity index (χ0) is 17.6. The molecule has 0 aliphatic carbocycles. The number of carbonyl (C=O) groups is 1. The van der Waals surface area contributed by atoms with E-state index in [2.05, 4.69) is 21.2 Å². The second-order valence-corrected chi connectivity index (χ2v) is 6.66. The molecule has 0 saturated heterocycles. The largest absolute Gasteiger partial charge is 0.480 e. The molecule has 3 rings (SSSR count). The van der Waals surface area contributed by atoms with Crippen LogP contribution in [0, 0.1) is 0 Å². The Bertz CT molecular complexity index is 780. The van der Waals surface area contributed by atoms with Crippen LogP contribution < -0.4 is 5.32 Å². The lowest BCUT2D eigenvalue weighted by atomic mass is 9.96. The van der Waals surface area contributed by atoms with Crippen LogP contribution in [0.3, 0.4) is 0 Å². The Morgan fingerprint density at radius 2 is 1.24 bits per heavy atom. The molecular weight excluding hydrogens is 378 g/mol. The van der Waals surface area contributed by atoms with Gasteiger partial charge in [0.25, 0.3) is 0 Å². The Labute approximate surface area is 155 Å². The molecule has 0 amide bonds. The molecule has 0 radical (unpaired) electrons. The van der Waals surface area contributed by atoms with Crippen molar-refractivity contribution in [3.8, 4) is 0 Å². The number of hydrogen-bond donors (Lipinski definition) is 2. The van der Waals surface area contributed by atoms with Gasteiger partial charge >= 0.3 is 5.97 Å². The first-order chi connectivity index (χ1) is 12.1. The van der Waals surface area contributed by atoms with Crippen molar-refractivity contribution >= 4 is 21.9 Å². The van der Waals surface area contributed by atoms with Crippen molar-refractivity contribution in [1.29, 1.82) is 0 Å². The maximum atomic E-state index is 11.9. The molecule has 3 aromatic rings. The third kappa shape index (κ3) is 4.35.